The summed E-state index contributed by atoms with van der Waals surface area (Å²) in [5, 5.41) is 0. The van der Waals surface area contributed by atoms with Gasteiger partial charge in [0.05, 0.1) is 0 Å². The Labute approximate surface area is 90.7 Å². The van der Waals surface area contributed by atoms with Gasteiger partial charge in [0.1, 0.15) is 0 Å². The van der Waals surface area contributed by atoms with E-state index in [2.05, 4.69) is 38.5 Å². The van der Waals surface area contributed by atoms with Crippen LogP contribution in [0.3, 0.4) is 0 Å². The second-order valence-corrected chi connectivity index (χ2v) is 5.04. The molecule has 0 fully saturated rings. The van der Waals surface area contributed by atoms with E-state index in [-0.39, 0.29) is 0 Å². The monoisotopic (exact) mass is 168 g/mol. The number of rotatable bonds is 0. The van der Waals surface area contributed by atoms with Gasteiger partial charge in [0, 0.05) is 0 Å². The average Bonchev–Trinajstić information content (AvgIpc) is 2.30. The van der Waals surface area contributed by atoms with Crippen molar-refractivity contribution in [3.05, 3.63) is 22.3 Å². The SMILES string of the molecule is [Li][C]1(C)C(C)=C(C)C2=C1CCCC2. The molecule has 1 atom stereocenters. The summed E-state index contributed by atoms with van der Waals surface area (Å²) < 4.78 is 0.375. The molecule has 0 heterocycles. The third-order valence-electron chi connectivity index (χ3n) is 4.17. The molecule has 0 nitrogen and oxygen atoms in total. The molecule has 0 aromatic heterocycles. The fourth-order valence-corrected chi connectivity index (χ4v) is 2.93. The van der Waals surface area contributed by atoms with Gasteiger partial charge in [-0.1, -0.05) is 0 Å². The molecule has 66 valence electrons. The summed E-state index contributed by atoms with van der Waals surface area (Å²) in [5.41, 5.74) is 6.65. The van der Waals surface area contributed by atoms with Gasteiger partial charge in [0.15, 0.2) is 0 Å². The van der Waals surface area contributed by atoms with Crippen molar-refractivity contribution in [3.8, 4) is 0 Å². The second kappa shape index (κ2) is 3.04. The molecule has 0 saturated heterocycles. The Morgan fingerprint density at radius 3 is 2.38 bits per heavy atom. The number of hydrogen-bond donors (Lipinski definition) is 0. The van der Waals surface area contributed by atoms with E-state index in [9.17, 15) is 0 Å². The van der Waals surface area contributed by atoms with Crippen LogP contribution in [-0.2, 0) is 0 Å². The van der Waals surface area contributed by atoms with Gasteiger partial charge in [-0.05, 0) is 0 Å². The maximum absolute atomic E-state index is 2.39. The first-order valence-corrected chi connectivity index (χ1v) is 5.46. The quantitative estimate of drug-likeness (QED) is 0.485. The summed E-state index contributed by atoms with van der Waals surface area (Å²) in [6.07, 6.45) is 5.49. The zero-order valence-electron chi connectivity index (χ0n) is 9.33. The Balaban J connectivity index is 2.50. The van der Waals surface area contributed by atoms with E-state index in [1.165, 1.54) is 25.7 Å². The molecular weight excluding hydrogens is 151 g/mol. The molecule has 2 aliphatic carbocycles. The van der Waals surface area contributed by atoms with Gasteiger partial charge in [0.2, 0.25) is 0 Å². The Bertz CT molecular complexity index is 305. The van der Waals surface area contributed by atoms with E-state index in [1.54, 1.807) is 22.3 Å². The van der Waals surface area contributed by atoms with Crippen LogP contribution in [0.25, 0.3) is 0 Å². The molecule has 1 unspecified atom stereocenters. The molecule has 0 aromatic rings. The first kappa shape index (κ1) is 9.63. The topological polar surface area (TPSA) is 0 Å². The summed E-state index contributed by atoms with van der Waals surface area (Å²) in [7, 11) is 0. The van der Waals surface area contributed by atoms with Crippen LogP contribution in [0.1, 0.15) is 46.5 Å². The summed E-state index contributed by atoms with van der Waals surface area (Å²) in [5.74, 6) is 0. The van der Waals surface area contributed by atoms with E-state index >= 15 is 0 Å². The van der Waals surface area contributed by atoms with Gasteiger partial charge in [-0.25, -0.2) is 0 Å². The molecule has 1 heteroatoms. The predicted octanol–water partition coefficient (Wildman–Crippen LogP) is 3.55. The Morgan fingerprint density at radius 1 is 1.15 bits per heavy atom. The molecule has 13 heavy (non-hydrogen) atoms. The standard InChI is InChI=1S/C12H17.Li/c1-8-9(2)11-6-4-5-7-12(11)10(8)3;/h4-7H2,1-3H3;. The van der Waals surface area contributed by atoms with Crippen molar-refractivity contribution in [1.29, 1.82) is 0 Å². The summed E-state index contributed by atoms with van der Waals surface area (Å²) >= 11 is 2.39. The summed E-state index contributed by atoms with van der Waals surface area (Å²) in [4.78, 5) is 0. The van der Waals surface area contributed by atoms with Gasteiger partial charge in [-0.15, -0.1) is 0 Å². The van der Waals surface area contributed by atoms with Crippen LogP contribution < -0.4 is 0 Å². The Hall–Kier alpha value is 0.0774. The number of hydrogen-bond acceptors (Lipinski definition) is 0. The minimum absolute atomic E-state index is 0.375. The molecular formula is C12H17Li. The fraction of sp³-hybridized carbons (Fsp3) is 0.667. The summed E-state index contributed by atoms with van der Waals surface area (Å²) in [6.45, 7) is 7.01. The van der Waals surface area contributed by atoms with Crippen molar-refractivity contribution in [2.45, 2.75) is 50.5 Å². The maximum atomic E-state index is 2.39. The molecule has 2 aliphatic rings. The van der Waals surface area contributed by atoms with E-state index in [4.69, 9.17) is 0 Å². The minimum atomic E-state index is 0.375. The van der Waals surface area contributed by atoms with E-state index in [1.807, 2.05) is 0 Å². The molecule has 0 aliphatic heterocycles. The van der Waals surface area contributed by atoms with Gasteiger partial charge in [0.25, 0.3) is 0 Å². The predicted molar refractivity (Wildman–Crippen MR) is 58.0 cm³/mol. The van der Waals surface area contributed by atoms with Crippen LogP contribution in [0.5, 0.6) is 0 Å². The zero-order valence-corrected chi connectivity index (χ0v) is 9.33. The molecule has 0 N–H and O–H groups in total. The van der Waals surface area contributed by atoms with Gasteiger partial charge >= 0.3 is 90.6 Å². The third-order valence-corrected chi connectivity index (χ3v) is 4.17. The van der Waals surface area contributed by atoms with Gasteiger partial charge in [-0.3, -0.25) is 0 Å². The van der Waals surface area contributed by atoms with Crippen LogP contribution in [0.2, 0.25) is 4.09 Å². The molecule has 2 rings (SSSR count). The molecule has 0 saturated carbocycles. The zero-order chi connectivity index (χ0) is 9.64. The number of allylic oxidation sites excluding steroid dienone is 4. The first-order chi connectivity index (χ1) is 6.05. The fourth-order valence-electron chi connectivity index (χ4n) is 2.93. The third kappa shape index (κ3) is 1.27. The van der Waals surface area contributed by atoms with Crippen LogP contribution in [0.4, 0.5) is 0 Å². The van der Waals surface area contributed by atoms with Crippen molar-refractivity contribution in [3.63, 3.8) is 0 Å². The Morgan fingerprint density at radius 2 is 1.77 bits per heavy atom. The molecule has 0 aromatic carbocycles. The van der Waals surface area contributed by atoms with Crippen molar-refractivity contribution >= 4 is 17.7 Å². The van der Waals surface area contributed by atoms with Crippen LogP contribution >= 0.6 is 0 Å². The van der Waals surface area contributed by atoms with E-state index in [0.717, 1.165) is 0 Å². The van der Waals surface area contributed by atoms with E-state index in [0.29, 0.717) is 4.09 Å². The molecule has 0 spiro atoms. The molecule has 0 bridgehead atoms. The molecule has 0 amide bonds. The van der Waals surface area contributed by atoms with Crippen molar-refractivity contribution < 1.29 is 0 Å². The first-order valence-electron chi connectivity index (χ1n) is 5.46. The Kier molecular flexibility index (Phi) is 2.25. The second-order valence-electron chi connectivity index (χ2n) is 5.04. The molecule has 0 radical (unpaired) electrons. The van der Waals surface area contributed by atoms with Crippen LogP contribution in [0, 0.1) is 0 Å². The summed E-state index contributed by atoms with van der Waals surface area (Å²) in [6, 6.07) is 0. The van der Waals surface area contributed by atoms with Gasteiger partial charge < -0.3 is 0 Å². The van der Waals surface area contributed by atoms with Crippen LogP contribution in [-0.4, -0.2) is 17.7 Å². The van der Waals surface area contributed by atoms with Crippen molar-refractivity contribution in [2.24, 2.45) is 0 Å². The normalized spacial score (nSPS) is 34.2. The van der Waals surface area contributed by atoms with E-state index < -0.39 is 0 Å². The van der Waals surface area contributed by atoms with Gasteiger partial charge in [-0.2, -0.15) is 0 Å². The van der Waals surface area contributed by atoms with Crippen molar-refractivity contribution in [1.82, 2.24) is 0 Å². The average molecular weight is 168 g/mol. The van der Waals surface area contributed by atoms with Crippen molar-refractivity contribution in [2.75, 3.05) is 0 Å². The van der Waals surface area contributed by atoms with Crippen LogP contribution in [0.15, 0.2) is 22.3 Å².